The van der Waals surface area contributed by atoms with Crippen LogP contribution in [-0.2, 0) is 4.79 Å². The molecular weight excluding hydrogens is 488 g/mol. The van der Waals surface area contributed by atoms with Crippen LogP contribution in [0.2, 0.25) is 0 Å². The number of allylic oxidation sites excluding steroid dienone is 10. The van der Waals surface area contributed by atoms with Gasteiger partial charge in [-0.3, -0.25) is 9.59 Å². The molecule has 0 saturated carbocycles. The van der Waals surface area contributed by atoms with Crippen molar-refractivity contribution in [1.82, 2.24) is 0 Å². The second-order valence-electron chi connectivity index (χ2n) is 11.1. The fourth-order valence-corrected chi connectivity index (χ4v) is 5.17. The maximum atomic E-state index is 12.6. The lowest BCUT2D eigenvalue weighted by molar-refractivity contribution is -0.120. The third-order valence-electron chi connectivity index (χ3n) is 6.83. The van der Waals surface area contributed by atoms with Crippen molar-refractivity contribution in [2.45, 2.75) is 88.5 Å². The second-order valence-corrected chi connectivity index (χ2v) is 11.1. The summed E-state index contributed by atoms with van der Waals surface area (Å²) in [6, 6.07) is 0. The van der Waals surface area contributed by atoms with Crippen LogP contribution in [0.3, 0.4) is 0 Å². The van der Waals surface area contributed by atoms with Gasteiger partial charge in [0.1, 0.15) is 5.76 Å². The normalized spacial score (nSPS) is 16.3. The van der Waals surface area contributed by atoms with Crippen molar-refractivity contribution in [1.29, 1.82) is 0 Å². The van der Waals surface area contributed by atoms with E-state index in [1.165, 1.54) is 12.7 Å². The van der Waals surface area contributed by atoms with Gasteiger partial charge in [-0.15, -0.1) is 0 Å². The summed E-state index contributed by atoms with van der Waals surface area (Å²) in [5.41, 5.74) is 6.22. The first-order chi connectivity index (χ1) is 18.2. The second kappa shape index (κ2) is 16.2. The van der Waals surface area contributed by atoms with Crippen LogP contribution >= 0.6 is 0 Å². The Bertz CT molecular complexity index is 1200. The molecule has 0 fully saturated rings. The van der Waals surface area contributed by atoms with Gasteiger partial charge in [0.25, 0.3) is 5.95 Å². The van der Waals surface area contributed by atoms with E-state index in [-0.39, 0.29) is 41.5 Å². The number of hydrogen-bond donors (Lipinski definition) is 1. The van der Waals surface area contributed by atoms with Crippen LogP contribution in [-0.4, -0.2) is 24.6 Å². The highest BCUT2D eigenvalue weighted by molar-refractivity contribution is 5.96. The maximum absolute atomic E-state index is 12.6. The molecule has 0 aliphatic heterocycles. The predicted octanol–water partition coefficient (Wildman–Crippen LogP) is 8.09. The molecule has 3 atom stereocenters. The molecule has 0 aromatic carbocycles. The molecule has 0 amide bonds. The molecular formula is C34H50O5. The van der Waals surface area contributed by atoms with Gasteiger partial charge in [-0.2, -0.15) is 0 Å². The monoisotopic (exact) mass is 538 g/mol. The largest absolute Gasteiger partial charge is 0.468 e. The van der Waals surface area contributed by atoms with Crippen LogP contribution in [0.1, 0.15) is 91.5 Å². The van der Waals surface area contributed by atoms with Gasteiger partial charge < -0.3 is 14.3 Å². The van der Waals surface area contributed by atoms with E-state index in [9.17, 15) is 14.7 Å². The molecule has 39 heavy (non-hydrogen) atoms. The van der Waals surface area contributed by atoms with Crippen LogP contribution in [0, 0.1) is 31.6 Å². The molecule has 0 spiro atoms. The molecule has 1 heterocycles. The summed E-state index contributed by atoms with van der Waals surface area (Å²) in [4.78, 5) is 25.1. The summed E-state index contributed by atoms with van der Waals surface area (Å²) in [7, 11) is 1.51. The van der Waals surface area contributed by atoms with E-state index in [0.717, 1.165) is 29.6 Å². The first kappa shape index (κ1) is 34.1. The van der Waals surface area contributed by atoms with Crippen molar-refractivity contribution < 1.29 is 19.1 Å². The number of Topliss-reactive ketones (excluding diaryl/α,β-unsaturated/α-hetero) is 1. The van der Waals surface area contributed by atoms with Crippen molar-refractivity contribution in [3.05, 3.63) is 79.8 Å². The Morgan fingerprint density at radius 3 is 2.18 bits per heavy atom. The van der Waals surface area contributed by atoms with Gasteiger partial charge in [0.2, 0.25) is 0 Å². The number of ether oxygens (including phenoxy) is 1. The summed E-state index contributed by atoms with van der Waals surface area (Å²) in [5.74, 6) is 0.940. The highest BCUT2D eigenvalue weighted by Crippen LogP contribution is 2.26. The minimum Gasteiger partial charge on any atom is -0.468 e. The van der Waals surface area contributed by atoms with Crippen LogP contribution in [0.15, 0.2) is 61.9 Å². The summed E-state index contributed by atoms with van der Waals surface area (Å²) in [6.45, 7) is 19.8. The fraction of sp³-hybridized carbons (Fsp3) is 0.529. The van der Waals surface area contributed by atoms with Gasteiger partial charge in [0.05, 0.1) is 19.3 Å². The van der Waals surface area contributed by atoms with Gasteiger partial charge in [-0.05, 0) is 84.3 Å². The van der Waals surface area contributed by atoms with Gasteiger partial charge in [0.15, 0.2) is 11.2 Å². The van der Waals surface area contributed by atoms with E-state index in [0.29, 0.717) is 28.9 Å². The Morgan fingerprint density at radius 2 is 1.62 bits per heavy atom. The van der Waals surface area contributed by atoms with Gasteiger partial charge in [-0.25, -0.2) is 0 Å². The van der Waals surface area contributed by atoms with Gasteiger partial charge in [-0.1, -0.05) is 74.3 Å². The zero-order valence-electron chi connectivity index (χ0n) is 26.0. The molecule has 1 aromatic heterocycles. The lowest BCUT2D eigenvalue weighted by atomic mass is 9.92. The lowest BCUT2D eigenvalue weighted by Crippen LogP contribution is -2.19. The number of carbonyl (C=O) groups is 1. The van der Waals surface area contributed by atoms with E-state index in [1.807, 2.05) is 26.8 Å². The molecule has 1 N–H and O–H groups in total. The maximum Gasteiger partial charge on any atom is 0.291 e. The minimum atomic E-state index is -0.304. The van der Waals surface area contributed by atoms with Crippen molar-refractivity contribution in [3.8, 4) is 5.95 Å². The first-order valence-electron chi connectivity index (χ1n) is 14.0. The van der Waals surface area contributed by atoms with E-state index < -0.39 is 0 Å². The van der Waals surface area contributed by atoms with Crippen molar-refractivity contribution in [3.63, 3.8) is 0 Å². The predicted molar refractivity (Wildman–Crippen MR) is 163 cm³/mol. The van der Waals surface area contributed by atoms with Crippen LogP contribution in [0.5, 0.6) is 5.95 Å². The quantitative estimate of drug-likeness (QED) is 0.191. The molecule has 0 bridgehead atoms. The van der Waals surface area contributed by atoms with E-state index in [2.05, 4.69) is 58.9 Å². The average Bonchev–Trinajstić information content (AvgIpc) is 2.84. The molecule has 0 aliphatic carbocycles. The summed E-state index contributed by atoms with van der Waals surface area (Å²) < 4.78 is 11.1. The van der Waals surface area contributed by atoms with Crippen LogP contribution in [0.4, 0.5) is 0 Å². The summed E-state index contributed by atoms with van der Waals surface area (Å²) in [5, 5.41) is 9.53. The zero-order valence-corrected chi connectivity index (χ0v) is 26.0. The first-order valence-corrected chi connectivity index (χ1v) is 14.0. The Hall–Kier alpha value is -2.92. The van der Waals surface area contributed by atoms with Crippen LogP contribution < -0.4 is 10.2 Å². The van der Waals surface area contributed by atoms with E-state index in [4.69, 9.17) is 9.15 Å². The molecule has 0 saturated heterocycles. The highest BCUT2D eigenvalue weighted by Gasteiger charge is 2.18. The SMILES string of the molecule is CCCC(CO)C(=O)/C(C)=C/C(C)/C=C(C)/C=C(C)/C=C(\C)CC(C)/C=C(\C)c1oc(OC)c(C)c(=O)c1C. The number of methoxy groups -OCH3 is 1. The molecule has 5 nitrogen and oxygen atoms in total. The fourth-order valence-electron chi connectivity index (χ4n) is 5.17. The number of aliphatic hydroxyl groups is 1. The van der Waals surface area contributed by atoms with E-state index >= 15 is 0 Å². The third-order valence-corrected chi connectivity index (χ3v) is 6.83. The van der Waals surface area contributed by atoms with Crippen LogP contribution in [0.25, 0.3) is 5.57 Å². The number of ketones is 1. The smallest absolute Gasteiger partial charge is 0.291 e. The topological polar surface area (TPSA) is 76.7 Å². The average molecular weight is 539 g/mol. The molecule has 1 aromatic rings. The number of carbonyl (C=O) groups excluding carboxylic acids is 1. The van der Waals surface area contributed by atoms with Crippen molar-refractivity contribution >= 4 is 11.4 Å². The molecule has 3 unspecified atom stereocenters. The van der Waals surface area contributed by atoms with Gasteiger partial charge in [0, 0.05) is 11.5 Å². The third kappa shape index (κ3) is 10.6. The van der Waals surface area contributed by atoms with Gasteiger partial charge >= 0.3 is 0 Å². The summed E-state index contributed by atoms with van der Waals surface area (Å²) >= 11 is 0. The summed E-state index contributed by atoms with van der Waals surface area (Å²) in [6.07, 6.45) is 13.1. The Morgan fingerprint density at radius 1 is 0.974 bits per heavy atom. The Balaban J connectivity index is 2.96. The molecule has 216 valence electrons. The standard InChI is InChI=1S/C34H50O5/c1-12-13-30(20-35)31(36)26(7)18-24(5)16-22(3)14-21(2)15-23(4)17-25(6)19-27(8)33-28(9)32(37)29(10)34(38-11)39-33/h14-16,18-19,24-25,30,35H,12-13,17,20H2,1-11H3/b21-14+,22-16+,23-15+,26-18+,27-19+. The molecule has 5 heteroatoms. The molecule has 0 aliphatic rings. The molecule has 1 rings (SSSR count). The minimum absolute atomic E-state index is 0.0414. The highest BCUT2D eigenvalue weighted by atomic mass is 16.6. The number of aliphatic hydroxyl groups excluding tert-OH is 1. The number of rotatable bonds is 14. The number of hydrogen-bond acceptors (Lipinski definition) is 5. The van der Waals surface area contributed by atoms with E-state index in [1.54, 1.807) is 13.8 Å². The Kier molecular flexibility index (Phi) is 14.2. The van der Waals surface area contributed by atoms with Crippen molar-refractivity contribution in [2.24, 2.45) is 17.8 Å². The molecule has 0 radical (unpaired) electrons. The Labute approximate surface area is 236 Å². The lowest BCUT2D eigenvalue weighted by Gasteiger charge is -2.13. The van der Waals surface area contributed by atoms with Crippen molar-refractivity contribution in [2.75, 3.05) is 13.7 Å². The zero-order chi connectivity index (χ0) is 29.9.